The maximum absolute atomic E-state index is 8.66. The summed E-state index contributed by atoms with van der Waals surface area (Å²) in [5.74, 6) is 0.954. The number of ether oxygens (including phenoxy) is 1. The number of hydrogen-bond donors (Lipinski definition) is 1. The standard InChI is InChI=1S/C6H12O2/c1-5-3-8-4-6(5)2-7/h5-7H,2-4H2,1H3/t5-,6-/m1/s1. The van der Waals surface area contributed by atoms with Crippen LogP contribution in [-0.2, 0) is 4.74 Å². The van der Waals surface area contributed by atoms with Gasteiger partial charge >= 0.3 is 0 Å². The van der Waals surface area contributed by atoms with Crippen LogP contribution >= 0.6 is 0 Å². The maximum Gasteiger partial charge on any atom is 0.0519 e. The van der Waals surface area contributed by atoms with Crippen molar-refractivity contribution in [3.8, 4) is 0 Å². The molecule has 1 rings (SSSR count). The van der Waals surface area contributed by atoms with Crippen LogP contribution in [0.15, 0.2) is 0 Å². The highest BCUT2D eigenvalue weighted by Gasteiger charge is 2.22. The summed E-state index contributed by atoms with van der Waals surface area (Å²) >= 11 is 0. The summed E-state index contributed by atoms with van der Waals surface area (Å²) in [7, 11) is 0. The minimum Gasteiger partial charge on any atom is -0.396 e. The molecule has 8 heavy (non-hydrogen) atoms. The van der Waals surface area contributed by atoms with Crippen LogP contribution in [0.4, 0.5) is 0 Å². The van der Waals surface area contributed by atoms with Crippen molar-refractivity contribution in [1.82, 2.24) is 0 Å². The zero-order chi connectivity index (χ0) is 5.98. The van der Waals surface area contributed by atoms with Crippen LogP contribution in [0.5, 0.6) is 0 Å². The lowest BCUT2D eigenvalue weighted by Gasteiger charge is -2.06. The Kier molecular flexibility index (Phi) is 1.86. The number of rotatable bonds is 1. The van der Waals surface area contributed by atoms with Crippen LogP contribution < -0.4 is 0 Å². The Morgan fingerprint density at radius 1 is 1.62 bits per heavy atom. The largest absolute Gasteiger partial charge is 0.396 e. The molecule has 2 heteroatoms. The first kappa shape index (κ1) is 6.05. The lowest BCUT2D eigenvalue weighted by atomic mass is 10.00. The SMILES string of the molecule is C[C@@H]1COC[C@H]1CO. The van der Waals surface area contributed by atoms with E-state index in [0.717, 1.165) is 13.2 Å². The minimum absolute atomic E-state index is 0.279. The van der Waals surface area contributed by atoms with E-state index < -0.39 is 0 Å². The highest BCUT2D eigenvalue weighted by atomic mass is 16.5. The lowest BCUT2D eigenvalue weighted by molar-refractivity contribution is 0.160. The molecule has 0 spiro atoms. The third-order valence-electron chi connectivity index (χ3n) is 1.75. The molecule has 2 nitrogen and oxygen atoms in total. The molecule has 0 aromatic rings. The first-order valence-corrected chi connectivity index (χ1v) is 3.03. The Labute approximate surface area is 49.5 Å². The van der Waals surface area contributed by atoms with Crippen molar-refractivity contribution >= 4 is 0 Å². The van der Waals surface area contributed by atoms with Crippen LogP contribution in [0.2, 0.25) is 0 Å². The zero-order valence-electron chi connectivity index (χ0n) is 5.13. The van der Waals surface area contributed by atoms with Gasteiger partial charge in [0.1, 0.15) is 0 Å². The van der Waals surface area contributed by atoms with Gasteiger partial charge in [-0.2, -0.15) is 0 Å². The van der Waals surface area contributed by atoms with Gasteiger partial charge in [0.05, 0.1) is 6.61 Å². The second-order valence-corrected chi connectivity index (χ2v) is 2.46. The molecule has 1 N–H and O–H groups in total. The van der Waals surface area contributed by atoms with Crippen molar-refractivity contribution in [2.75, 3.05) is 19.8 Å². The number of aliphatic hydroxyl groups is 1. The van der Waals surface area contributed by atoms with Crippen molar-refractivity contribution < 1.29 is 9.84 Å². The number of aliphatic hydroxyl groups excluding tert-OH is 1. The van der Waals surface area contributed by atoms with Crippen molar-refractivity contribution in [3.63, 3.8) is 0 Å². The van der Waals surface area contributed by atoms with E-state index in [2.05, 4.69) is 6.92 Å². The lowest BCUT2D eigenvalue weighted by Crippen LogP contribution is -2.12. The Hall–Kier alpha value is -0.0800. The fourth-order valence-corrected chi connectivity index (χ4v) is 0.938. The predicted octanol–water partition coefficient (Wildman–Crippen LogP) is 0.261. The summed E-state index contributed by atoms with van der Waals surface area (Å²) in [6.07, 6.45) is 0. The first-order valence-electron chi connectivity index (χ1n) is 3.03. The smallest absolute Gasteiger partial charge is 0.0519 e. The molecule has 0 aliphatic carbocycles. The predicted molar refractivity (Wildman–Crippen MR) is 30.6 cm³/mol. The topological polar surface area (TPSA) is 29.5 Å². The van der Waals surface area contributed by atoms with Crippen LogP contribution in [0, 0.1) is 11.8 Å². The molecule has 0 saturated carbocycles. The minimum atomic E-state index is 0.279. The molecule has 0 bridgehead atoms. The van der Waals surface area contributed by atoms with Gasteiger partial charge in [0.2, 0.25) is 0 Å². The molecular weight excluding hydrogens is 104 g/mol. The summed E-state index contributed by atoms with van der Waals surface area (Å²) < 4.78 is 5.10. The van der Waals surface area contributed by atoms with E-state index in [4.69, 9.17) is 9.84 Å². The molecule has 1 heterocycles. The summed E-state index contributed by atoms with van der Waals surface area (Å²) in [5.41, 5.74) is 0. The van der Waals surface area contributed by atoms with E-state index in [1.165, 1.54) is 0 Å². The monoisotopic (exact) mass is 116 g/mol. The van der Waals surface area contributed by atoms with Gasteiger partial charge in [-0.05, 0) is 5.92 Å². The highest BCUT2D eigenvalue weighted by molar-refractivity contribution is 4.69. The molecule has 48 valence electrons. The Bertz CT molecular complexity index is 72.9. The first-order chi connectivity index (χ1) is 3.84. The van der Waals surface area contributed by atoms with Crippen LogP contribution in [-0.4, -0.2) is 24.9 Å². The Balaban J connectivity index is 2.30. The van der Waals surface area contributed by atoms with E-state index in [9.17, 15) is 0 Å². The summed E-state index contributed by atoms with van der Waals surface area (Å²) in [4.78, 5) is 0. The fraction of sp³-hybridized carbons (Fsp3) is 1.00. The number of hydrogen-bond acceptors (Lipinski definition) is 2. The molecule has 1 saturated heterocycles. The van der Waals surface area contributed by atoms with Gasteiger partial charge in [0.15, 0.2) is 0 Å². The average Bonchev–Trinajstić information content (AvgIpc) is 2.14. The normalized spacial score (nSPS) is 38.2. The third kappa shape index (κ3) is 1.01. The van der Waals surface area contributed by atoms with Gasteiger partial charge in [0.25, 0.3) is 0 Å². The van der Waals surface area contributed by atoms with E-state index in [1.54, 1.807) is 0 Å². The van der Waals surface area contributed by atoms with E-state index in [0.29, 0.717) is 11.8 Å². The van der Waals surface area contributed by atoms with Crippen molar-refractivity contribution in [3.05, 3.63) is 0 Å². The Morgan fingerprint density at radius 3 is 2.62 bits per heavy atom. The zero-order valence-corrected chi connectivity index (χ0v) is 5.13. The second-order valence-electron chi connectivity index (χ2n) is 2.46. The van der Waals surface area contributed by atoms with Gasteiger partial charge < -0.3 is 9.84 Å². The van der Waals surface area contributed by atoms with Crippen molar-refractivity contribution in [2.45, 2.75) is 6.92 Å². The van der Waals surface area contributed by atoms with Gasteiger partial charge in [-0.3, -0.25) is 0 Å². The van der Waals surface area contributed by atoms with Gasteiger partial charge in [0, 0.05) is 19.1 Å². The van der Waals surface area contributed by atoms with Crippen LogP contribution in [0.1, 0.15) is 6.92 Å². The van der Waals surface area contributed by atoms with Crippen LogP contribution in [0.3, 0.4) is 0 Å². The van der Waals surface area contributed by atoms with Crippen molar-refractivity contribution in [1.29, 1.82) is 0 Å². The fourth-order valence-electron chi connectivity index (χ4n) is 0.938. The van der Waals surface area contributed by atoms with E-state index in [1.807, 2.05) is 0 Å². The third-order valence-corrected chi connectivity index (χ3v) is 1.75. The average molecular weight is 116 g/mol. The quantitative estimate of drug-likeness (QED) is 0.532. The van der Waals surface area contributed by atoms with Crippen molar-refractivity contribution in [2.24, 2.45) is 11.8 Å². The summed E-state index contributed by atoms with van der Waals surface area (Å²) in [6.45, 7) is 3.96. The second kappa shape index (κ2) is 2.46. The van der Waals surface area contributed by atoms with Gasteiger partial charge in [-0.25, -0.2) is 0 Å². The molecule has 0 amide bonds. The summed E-state index contributed by atoms with van der Waals surface area (Å²) in [5, 5.41) is 8.66. The highest BCUT2D eigenvalue weighted by Crippen LogP contribution is 2.18. The molecule has 1 aliphatic heterocycles. The van der Waals surface area contributed by atoms with E-state index in [-0.39, 0.29) is 6.61 Å². The van der Waals surface area contributed by atoms with E-state index >= 15 is 0 Å². The van der Waals surface area contributed by atoms with Crippen LogP contribution in [0.25, 0.3) is 0 Å². The molecule has 1 aliphatic rings. The molecule has 0 unspecified atom stereocenters. The van der Waals surface area contributed by atoms with Gasteiger partial charge in [-0.1, -0.05) is 6.92 Å². The summed E-state index contributed by atoms with van der Waals surface area (Å²) in [6, 6.07) is 0. The van der Waals surface area contributed by atoms with Gasteiger partial charge in [-0.15, -0.1) is 0 Å². The Morgan fingerprint density at radius 2 is 2.38 bits per heavy atom. The molecule has 0 aromatic heterocycles. The molecule has 2 atom stereocenters. The molecular formula is C6H12O2. The molecule has 1 fully saturated rings. The molecule has 0 radical (unpaired) electrons. The maximum atomic E-state index is 8.66. The molecule has 0 aromatic carbocycles.